The second-order valence-corrected chi connectivity index (χ2v) is 3.17. The van der Waals surface area contributed by atoms with E-state index in [0.717, 1.165) is 6.07 Å². The van der Waals surface area contributed by atoms with E-state index in [2.05, 4.69) is 4.98 Å². The maximum Gasteiger partial charge on any atom is 0.434 e. The fraction of sp³-hybridized carbons (Fsp3) is 0.300. The molecule has 0 aliphatic carbocycles. The first kappa shape index (κ1) is 13.8. The van der Waals surface area contributed by atoms with Crippen LogP contribution in [0.15, 0.2) is 6.20 Å². The highest BCUT2D eigenvalue weighted by molar-refractivity contribution is 5.47. The van der Waals surface area contributed by atoms with E-state index in [9.17, 15) is 22.0 Å². The third kappa shape index (κ3) is 2.54. The maximum absolute atomic E-state index is 12.7. The SMILES string of the molecule is N#CCc1cnc(C(F)(F)F)c(C#N)c1C(F)F. The first-order valence-electron chi connectivity index (χ1n) is 4.47. The Hall–Kier alpha value is -2.22. The minimum Gasteiger partial charge on any atom is -0.250 e. The summed E-state index contributed by atoms with van der Waals surface area (Å²) < 4.78 is 62.8. The van der Waals surface area contributed by atoms with Crippen LogP contribution in [-0.4, -0.2) is 4.98 Å². The van der Waals surface area contributed by atoms with Crippen LogP contribution in [0.25, 0.3) is 0 Å². The fourth-order valence-corrected chi connectivity index (χ4v) is 1.37. The molecular formula is C10H4F5N3. The van der Waals surface area contributed by atoms with E-state index in [0.29, 0.717) is 6.20 Å². The molecule has 0 aliphatic heterocycles. The van der Waals surface area contributed by atoms with Gasteiger partial charge in [0.25, 0.3) is 6.43 Å². The van der Waals surface area contributed by atoms with Crippen molar-refractivity contribution in [3.63, 3.8) is 0 Å². The predicted octanol–water partition coefficient (Wildman–Crippen LogP) is 2.98. The first-order chi connectivity index (χ1) is 8.32. The lowest BCUT2D eigenvalue weighted by Gasteiger charge is -2.13. The lowest BCUT2D eigenvalue weighted by atomic mass is 10.00. The van der Waals surface area contributed by atoms with E-state index in [-0.39, 0.29) is 5.56 Å². The van der Waals surface area contributed by atoms with Gasteiger partial charge in [0, 0.05) is 11.8 Å². The first-order valence-corrected chi connectivity index (χ1v) is 4.47. The fourth-order valence-electron chi connectivity index (χ4n) is 1.37. The highest BCUT2D eigenvalue weighted by Crippen LogP contribution is 2.35. The van der Waals surface area contributed by atoms with Gasteiger partial charge in [-0.2, -0.15) is 23.7 Å². The smallest absolute Gasteiger partial charge is 0.250 e. The molecule has 8 heteroatoms. The highest BCUT2D eigenvalue weighted by Gasteiger charge is 2.38. The zero-order valence-electron chi connectivity index (χ0n) is 8.59. The van der Waals surface area contributed by atoms with E-state index >= 15 is 0 Å². The lowest BCUT2D eigenvalue weighted by molar-refractivity contribution is -0.141. The number of alkyl halides is 5. The Morgan fingerprint density at radius 3 is 2.28 bits per heavy atom. The van der Waals surface area contributed by atoms with Crippen LogP contribution in [0, 0.1) is 22.7 Å². The summed E-state index contributed by atoms with van der Waals surface area (Å²) in [6.07, 6.45) is -8.28. The molecule has 0 saturated heterocycles. The van der Waals surface area contributed by atoms with Gasteiger partial charge in [0.05, 0.1) is 18.1 Å². The summed E-state index contributed by atoms with van der Waals surface area (Å²) in [5.74, 6) is 0. The number of aromatic nitrogens is 1. The van der Waals surface area contributed by atoms with Gasteiger partial charge in [0.15, 0.2) is 5.69 Å². The Balaban J connectivity index is 3.61. The van der Waals surface area contributed by atoms with Crippen molar-refractivity contribution in [3.05, 3.63) is 28.6 Å². The molecule has 0 fully saturated rings. The third-order valence-electron chi connectivity index (χ3n) is 2.07. The van der Waals surface area contributed by atoms with E-state index in [1.807, 2.05) is 0 Å². The molecule has 0 amide bonds. The summed E-state index contributed by atoms with van der Waals surface area (Å²) in [5, 5.41) is 17.0. The number of halogens is 5. The van der Waals surface area contributed by atoms with E-state index < -0.39 is 35.8 Å². The quantitative estimate of drug-likeness (QED) is 0.769. The molecule has 0 atom stereocenters. The minimum absolute atomic E-state index is 0.378. The van der Waals surface area contributed by atoms with Gasteiger partial charge in [-0.1, -0.05) is 0 Å². The van der Waals surface area contributed by atoms with Crippen molar-refractivity contribution in [2.24, 2.45) is 0 Å². The Morgan fingerprint density at radius 2 is 1.89 bits per heavy atom. The van der Waals surface area contributed by atoms with Crippen LogP contribution in [0.1, 0.15) is 28.8 Å². The van der Waals surface area contributed by atoms with Crippen molar-refractivity contribution < 1.29 is 22.0 Å². The molecule has 0 bridgehead atoms. The molecule has 18 heavy (non-hydrogen) atoms. The number of nitriles is 2. The van der Waals surface area contributed by atoms with Crippen molar-refractivity contribution in [2.45, 2.75) is 19.0 Å². The van der Waals surface area contributed by atoms with Gasteiger partial charge < -0.3 is 0 Å². The van der Waals surface area contributed by atoms with Crippen LogP contribution in [-0.2, 0) is 12.6 Å². The molecule has 0 spiro atoms. The van der Waals surface area contributed by atoms with Crippen LogP contribution in [0.2, 0.25) is 0 Å². The van der Waals surface area contributed by atoms with Crippen LogP contribution < -0.4 is 0 Å². The normalized spacial score (nSPS) is 11.1. The molecule has 3 nitrogen and oxygen atoms in total. The average molecular weight is 261 g/mol. The topological polar surface area (TPSA) is 60.5 Å². The van der Waals surface area contributed by atoms with Gasteiger partial charge in [-0.15, -0.1) is 0 Å². The largest absolute Gasteiger partial charge is 0.434 e. The molecule has 1 rings (SSSR count). The highest BCUT2D eigenvalue weighted by atomic mass is 19.4. The second-order valence-electron chi connectivity index (χ2n) is 3.17. The van der Waals surface area contributed by atoms with Gasteiger partial charge in [-0.05, 0) is 5.56 Å². The summed E-state index contributed by atoms with van der Waals surface area (Å²) in [7, 11) is 0. The van der Waals surface area contributed by atoms with E-state index in [1.165, 1.54) is 6.07 Å². The molecule has 0 radical (unpaired) electrons. The van der Waals surface area contributed by atoms with Crippen molar-refractivity contribution in [1.82, 2.24) is 4.98 Å². The Morgan fingerprint density at radius 1 is 1.28 bits per heavy atom. The summed E-state index contributed by atoms with van der Waals surface area (Å²) in [4.78, 5) is 2.95. The minimum atomic E-state index is -5.00. The van der Waals surface area contributed by atoms with Crippen LogP contribution >= 0.6 is 0 Å². The zero-order valence-corrected chi connectivity index (χ0v) is 8.59. The van der Waals surface area contributed by atoms with Crippen LogP contribution in [0.5, 0.6) is 0 Å². The molecule has 1 heterocycles. The van der Waals surface area contributed by atoms with Crippen molar-refractivity contribution in [1.29, 1.82) is 10.5 Å². The molecular weight excluding hydrogens is 257 g/mol. The summed E-state index contributed by atoms with van der Waals surface area (Å²) in [5.41, 5.74) is -4.36. The summed E-state index contributed by atoms with van der Waals surface area (Å²) in [6.45, 7) is 0. The molecule has 0 N–H and O–H groups in total. The van der Waals surface area contributed by atoms with E-state index in [4.69, 9.17) is 10.5 Å². The number of rotatable bonds is 2. The summed E-state index contributed by atoms with van der Waals surface area (Å²) >= 11 is 0. The van der Waals surface area contributed by atoms with Gasteiger partial charge >= 0.3 is 6.18 Å². The third-order valence-corrected chi connectivity index (χ3v) is 2.07. The van der Waals surface area contributed by atoms with Gasteiger partial charge in [-0.25, -0.2) is 8.78 Å². The number of hydrogen-bond donors (Lipinski definition) is 0. The number of hydrogen-bond acceptors (Lipinski definition) is 3. The second kappa shape index (κ2) is 4.96. The molecule has 0 aromatic carbocycles. The van der Waals surface area contributed by atoms with Crippen molar-refractivity contribution in [2.75, 3.05) is 0 Å². The van der Waals surface area contributed by atoms with Crippen molar-refractivity contribution in [3.8, 4) is 12.1 Å². The standard InChI is InChI=1S/C10H4F5N3/c11-9(12)7-5(1-2-16)4-18-8(6(7)3-17)10(13,14)15/h4,9H,1H2. The van der Waals surface area contributed by atoms with Gasteiger partial charge in [0.1, 0.15) is 6.07 Å². The number of nitrogens with zero attached hydrogens (tertiary/aromatic N) is 3. The molecule has 0 unspecified atom stereocenters. The molecule has 1 aromatic heterocycles. The van der Waals surface area contributed by atoms with Crippen LogP contribution in [0.3, 0.4) is 0 Å². The molecule has 0 aliphatic rings. The van der Waals surface area contributed by atoms with E-state index in [1.54, 1.807) is 0 Å². The maximum atomic E-state index is 12.7. The Labute approximate surface area is 98.1 Å². The Bertz CT molecular complexity index is 536. The van der Waals surface area contributed by atoms with Gasteiger partial charge in [0.2, 0.25) is 0 Å². The monoisotopic (exact) mass is 261 g/mol. The Kier molecular flexibility index (Phi) is 3.82. The molecule has 0 saturated carbocycles. The average Bonchev–Trinajstić information content (AvgIpc) is 2.26. The van der Waals surface area contributed by atoms with Crippen LogP contribution in [0.4, 0.5) is 22.0 Å². The molecule has 1 aromatic rings. The predicted molar refractivity (Wildman–Crippen MR) is 48.2 cm³/mol. The van der Waals surface area contributed by atoms with Gasteiger partial charge in [-0.3, -0.25) is 4.98 Å². The zero-order chi connectivity index (χ0) is 13.9. The summed E-state index contributed by atoms with van der Waals surface area (Å²) in [6, 6.07) is 2.60. The lowest BCUT2D eigenvalue weighted by Crippen LogP contribution is -2.14. The number of pyridine rings is 1. The molecule has 94 valence electrons. The van der Waals surface area contributed by atoms with Crippen molar-refractivity contribution >= 4 is 0 Å².